The number of likely N-dealkylation sites (N-methyl/N-ethyl adjacent to an activating group) is 1. The molecule has 1 N–H and O–H groups in total. The number of anilines is 1. The number of rotatable bonds is 7. The van der Waals surface area contributed by atoms with Gasteiger partial charge in [-0.05, 0) is 42.0 Å². The van der Waals surface area contributed by atoms with Gasteiger partial charge in [-0.25, -0.2) is 4.39 Å². The Balaban J connectivity index is 1.96. The average Bonchev–Trinajstić information content (AvgIpc) is 2.65. The van der Waals surface area contributed by atoms with Crippen molar-refractivity contribution in [2.24, 2.45) is 0 Å². The highest BCUT2D eigenvalue weighted by Crippen LogP contribution is 2.23. The van der Waals surface area contributed by atoms with Crippen molar-refractivity contribution in [3.8, 4) is 11.5 Å². The summed E-state index contributed by atoms with van der Waals surface area (Å²) in [6.07, 6.45) is 2.96. The van der Waals surface area contributed by atoms with Gasteiger partial charge >= 0.3 is 0 Å². The van der Waals surface area contributed by atoms with E-state index >= 15 is 0 Å². The molecule has 2 aromatic rings. The number of carbonyl (C=O) groups is 2. The van der Waals surface area contributed by atoms with E-state index in [-0.39, 0.29) is 12.5 Å². The topological polar surface area (TPSA) is 67.9 Å². The second kappa shape index (κ2) is 9.38. The second-order valence-electron chi connectivity index (χ2n) is 5.73. The van der Waals surface area contributed by atoms with Crippen LogP contribution in [-0.4, -0.2) is 44.5 Å². The summed E-state index contributed by atoms with van der Waals surface area (Å²) in [4.78, 5) is 25.5. The van der Waals surface area contributed by atoms with E-state index in [0.717, 1.165) is 5.56 Å². The van der Waals surface area contributed by atoms with Crippen molar-refractivity contribution >= 4 is 23.6 Å². The summed E-state index contributed by atoms with van der Waals surface area (Å²) in [5, 5.41) is 2.54. The molecule has 0 spiro atoms. The lowest BCUT2D eigenvalue weighted by molar-refractivity contribution is -0.129. The molecule has 142 valence electrons. The molecule has 0 heterocycles. The van der Waals surface area contributed by atoms with Gasteiger partial charge in [0, 0.05) is 24.9 Å². The number of methoxy groups -OCH3 is 2. The molecule has 2 aromatic carbocycles. The Morgan fingerprint density at radius 1 is 1.11 bits per heavy atom. The minimum Gasteiger partial charge on any atom is -0.497 e. The van der Waals surface area contributed by atoms with Crippen molar-refractivity contribution in [1.29, 1.82) is 0 Å². The molecule has 0 saturated carbocycles. The molecule has 2 rings (SSSR count). The van der Waals surface area contributed by atoms with Crippen LogP contribution in [-0.2, 0) is 9.59 Å². The highest BCUT2D eigenvalue weighted by molar-refractivity contribution is 5.97. The van der Waals surface area contributed by atoms with Gasteiger partial charge < -0.3 is 19.7 Å². The normalized spacial score (nSPS) is 10.5. The fraction of sp³-hybridized carbons (Fsp3) is 0.200. The van der Waals surface area contributed by atoms with Crippen molar-refractivity contribution < 1.29 is 23.5 Å². The summed E-state index contributed by atoms with van der Waals surface area (Å²) < 4.78 is 23.5. The van der Waals surface area contributed by atoms with E-state index in [1.807, 2.05) is 0 Å². The number of nitrogens with one attached hydrogen (secondary N) is 1. The first-order valence-corrected chi connectivity index (χ1v) is 8.13. The third-order valence-electron chi connectivity index (χ3n) is 3.66. The lowest BCUT2D eigenvalue weighted by atomic mass is 10.2. The molecule has 0 aromatic heterocycles. The Kier molecular flexibility index (Phi) is 6.93. The van der Waals surface area contributed by atoms with Crippen molar-refractivity contribution in [2.75, 3.05) is 33.1 Å². The first-order chi connectivity index (χ1) is 12.9. The van der Waals surface area contributed by atoms with E-state index in [9.17, 15) is 14.0 Å². The summed E-state index contributed by atoms with van der Waals surface area (Å²) in [5.41, 5.74) is 1.05. The van der Waals surface area contributed by atoms with Crippen molar-refractivity contribution in [1.82, 2.24) is 4.90 Å². The zero-order valence-corrected chi connectivity index (χ0v) is 15.4. The van der Waals surface area contributed by atoms with Crippen LogP contribution in [0.15, 0.2) is 48.5 Å². The first kappa shape index (κ1) is 20.0. The van der Waals surface area contributed by atoms with E-state index in [0.29, 0.717) is 17.2 Å². The number of carbonyl (C=O) groups excluding carboxylic acids is 2. The number of ether oxygens (including phenoxy) is 2. The van der Waals surface area contributed by atoms with Gasteiger partial charge in [0.25, 0.3) is 0 Å². The summed E-state index contributed by atoms with van der Waals surface area (Å²) >= 11 is 0. The van der Waals surface area contributed by atoms with Gasteiger partial charge in [0.2, 0.25) is 11.8 Å². The maximum absolute atomic E-state index is 13.1. The first-order valence-electron chi connectivity index (χ1n) is 8.13. The van der Waals surface area contributed by atoms with Crippen LogP contribution in [0.25, 0.3) is 6.08 Å². The van der Waals surface area contributed by atoms with Crippen molar-refractivity contribution in [3.05, 3.63) is 59.9 Å². The number of hydrogen-bond donors (Lipinski definition) is 1. The Morgan fingerprint density at radius 2 is 1.78 bits per heavy atom. The molecular weight excluding hydrogens is 351 g/mol. The maximum atomic E-state index is 13.1. The quantitative estimate of drug-likeness (QED) is 0.759. The Labute approximate surface area is 157 Å². The largest absolute Gasteiger partial charge is 0.497 e. The van der Waals surface area contributed by atoms with Gasteiger partial charge in [-0.15, -0.1) is 0 Å². The second-order valence-corrected chi connectivity index (χ2v) is 5.73. The zero-order valence-electron chi connectivity index (χ0n) is 15.4. The number of halogens is 1. The number of nitrogens with zero attached hydrogens (tertiary/aromatic N) is 1. The van der Waals surface area contributed by atoms with E-state index in [2.05, 4.69) is 5.32 Å². The Hall–Kier alpha value is -3.35. The molecule has 0 aliphatic carbocycles. The molecule has 0 aliphatic rings. The van der Waals surface area contributed by atoms with E-state index in [1.54, 1.807) is 44.6 Å². The van der Waals surface area contributed by atoms with Crippen LogP contribution in [0.4, 0.5) is 10.1 Å². The number of hydrogen-bond acceptors (Lipinski definition) is 4. The predicted octanol–water partition coefficient (Wildman–Crippen LogP) is 2.95. The monoisotopic (exact) mass is 372 g/mol. The van der Waals surface area contributed by atoms with Crippen LogP contribution in [0.2, 0.25) is 0 Å². The summed E-state index contributed by atoms with van der Waals surface area (Å²) in [5.74, 6) is -0.0264. The third-order valence-corrected chi connectivity index (χ3v) is 3.66. The van der Waals surface area contributed by atoms with Crippen molar-refractivity contribution in [3.63, 3.8) is 0 Å². The summed E-state index contributed by atoms with van der Waals surface area (Å²) in [6, 6.07) is 10.8. The minimum absolute atomic E-state index is 0.166. The highest BCUT2D eigenvalue weighted by atomic mass is 19.1. The third kappa shape index (κ3) is 6.14. The van der Waals surface area contributed by atoms with Gasteiger partial charge in [0.05, 0.1) is 20.8 Å². The molecule has 0 unspecified atom stereocenters. The molecule has 0 saturated heterocycles. The van der Waals surface area contributed by atoms with Gasteiger partial charge in [-0.1, -0.05) is 6.07 Å². The van der Waals surface area contributed by atoms with E-state index in [4.69, 9.17) is 9.47 Å². The molecular formula is C20H21FN2O4. The SMILES string of the molecule is COc1cc(/C=C/C(=O)N(C)CC(=O)Nc2cccc(F)c2)cc(OC)c1. The van der Waals surface area contributed by atoms with Gasteiger partial charge in [0.1, 0.15) is 17.3 Å². The van der Waals surface area contributed by atoms with Crippen LogP contribution in [0.1, 0.15) is 5.56 Å². The zero-order chi connectivity index (χ0) is 19.8. The van der Waals surface area contributed by atoms with Crippen LogP contribution in [0.5, 0.6) is 11.5 Å². The Morgan fingerprint density at radius 3 is 2.37 bits per heavy atom. The van der Waals surface area contributed by atoms with Crippen LogP contribution < -0.4 is 14.8 Å². The Bertz CT molecular complexity index is 829. The number of amides is 2. The fourth-order valence-corrected chi connectivity index (χ4v) is 2.28. The van der Waals surface area contributed by atoms with Crippen LogP contribution in [0.3, 0.4) is 0 Å². The molecule has 0 bridgehead atoms. The van der Waals surface area contributed by atoms with Crippen molar-refractivity contribution in [2.45, 2.75) is 0 Å². The molecule has 0 atom stereocenters. The van der Waals surface area contributed by atoms with Gasteiger partial charge in [-0.3, -0.25) is 9.59 Å². The molecule has 7 heteroatoms. The van der Waals surface area contributed by atoms with Crippen LogP contribution in [0, 0.1) is 5.82 Å². The number of benzene rings is 2. The smallest absolute Gasteiger partial charge is 0.246 e. The molecule has 0 aliphatic heterocycles. The van der Waals surface area contributed by atoms with E-state index < -0.39 is 11.7 Å². The lowest BCUT2D eigenvalue weighted by Crippen LogP contribution is -2.33. The van der Waals surface area contributed by atoms with E-state index in [1.165, 1.54) is 36.2 Å². The van der Waals surface area contributed by atoms with Crippen LogP contribution >= 0.6 is 0 Å². The summed E-state index contributed by atoms with van der Waals surface area (Å²) in [6.45, 7) is -0.166. The average molecular weight is 372 g/mol. The standard InChI is InChI=1S/C20H21FN2O4/c1-23(13-19(24)22-16-6-4-5-15(21)11-16)20(25)8-7-14-9-17(26-2)12-18(10-14)27-3/h4-12H,13H2,1-3H3,(H,22,24)/b8-7+. The molecule has 6 nitrogen and oxygen atoms in total. The maximum Gasteiger partial charge on any atom is 0.246 e. The molecule has 0 radical (unpaired) electrons. The molecule has 0 fully saturated rings. The minimum atomic E-state index is -0.450. The van der Waals surface area contributed by atoms with Gasteiger partial charge in [-0.2, -0.15) is 0 Å². The molecule has 2 amide bonds. The highest BCUT2D eigenvalue weighted by Gasteiger charge is 2.11. The lowest BCUT2D eigenvalue weighted by Gasteiger charge is -2.15. The fourth-order valence-electron chi connectivity index (χ4n) is 2.28. The predicted molar refractivity (Wildman–Crippen MR) is 101 cm³/mol. The van der Waals surface area contributed by atoms with Gasteiger partial charge in [0.15, 0.2) is 0 Å². The summed E-state index contributed by atoms with van der Waals surface area (Å²) in [7, 11) is 4.58. The molecule has 27 heavy (non-hydrogen) atoms.